The minimum atomic E-state index is 0.203. The number of hydrogen-bond acceptors (Lipinski definition) is 3. The van der Waals surface area contributed by atoms with Gasteiger partial charge in [0.1, 0.15) is 5.75 Å². The summed E-state index contributed by atoms with van der Waals surface area (Å²) < 4.78 is 5.81. The maximum Gasteiger partial charge on any atom is 0.125 e. The zero-order valence-electron chi connectivity index (χ0n) is 11.7. The van der Waals surface area contributed by atoms with Crippen LogP contribution in [-0.2, 0) is 0 Å². The predicted octanol–water partition coefficient (Wildman–Crippen LogP) is 2.43. The van der Waals surface area contributed by atoms with Gasteiger partial charge in [-0.1, -0.05) is 25.1 Å². The lowest BCUT2D eigenvalue weighted by molar-refractivity contribution is 0.233. The highest BCUT2D eigenvalue weighted by Gasteiger charge is 2.04. The highest BCUT2D eigenvalue weighted by Crippen LogP contribution is 2.22. The number of aryl methyl sites for hydroxylation is 2. The second kappa shape index (κ2) is 8.11. The van der Waals surface area contributed by atoms with Crippen molar-refractivity contribution in [3.05, 3.63) is 29.3 Å². The molecule has 0 aliphatic heterocycles. The van der Waals surface area contributed by atoms with Crippen molar-refractivity contribution in [2.75, 3.05) is 19.8 Å². The van der Waals surface area contributed by atoms with Crippen molar-refractivity contribution < 1.29 is 9.84 Å². The van der Waals surface area contributed by atoms with E-state index in [2.05, 4.69) is 38.2 Å². The van der Waals surface area contributed by atoms with Crippen molar-refractivity contribution >= 4 is 0 Å². The molecule has 102 valence electrons. The van der Waals surface area contributed by atoms with E-state index in [1.165, 1.54) is 11.1 Å². The van der Waals surface area contributed by atoms with Crippen LogP contribution in [0.4, 0.5) is 0 Å². The van der Waals surface area contributed by atoms with Crippen LogP contribution in [0.1, 0.15) is 30.9 Å². The number of aliphatic hydroxyl groups is 1. The SMILES string of the molecule is CCC(CO)NCCCOc1c(C)cccc1C. The van der Waals surface area contributed by atoms with Crippen molar-refractivity contribution in [1.82, 2.24) is 5.32 Å². The summed E-state index contributed by atoms with van der Waals surface area (Å²) in [5, 5.41) is 12.3. The van der Waals surface area contributed by atoms with Gasteiger partial charge in [0.05, 0.1) is 13.2 Å². The first-order valence-electron chi connectivity index (χ1n) is 6.72. The summed E-state index contributed by atoms with van der Waals surface area (Å²) in [7, 11) is 0. The minimum Gasteiger partial charge on any atom is -0.493 e. The first kappa shape index (κ1) is 15.0. The average molecular weight is 251 g/mol. The Morgan fingerprint density at radius 2 is 1.94 bits per heavy atom. The molecule has 0 aliphatic carbocycles. The number of rotatable bonds is 8. The number of para-hydroxylation sites is 1. The third kappa shape index (κ3) is 4.67. The molecule has 1 atom stereocenters. The van der Waals surface area contributed by atoms with Crippen LogP contribution in [0.25, 0.3) is 0 Å². The van der Waals surface area contributed by atoms with Crippen LogP contribution < -0.4 is 10.1 Å². The monoisotopic (exact) mass is 251 g/mol. The highest BCUT2D eigenvalue weighted by atomic mass is 16.5. The number of nitrogens with one attached hydrogen (secondary N) is 1. The van der Waals surface area contributed by atoms with Crippen molar-refractivity contribution in [3.63, 3.8) is 0 Å². The fourth-order valence-electron chi connectivity index (χ4n) is 1.92. The van der Waals surface area contributed by atoms with Crippen LogP contribution in [0.3, 0.4) is 0 Å². The molecule has 0 aromatic heterocycles. The molecular formula is C15H25NO2. The van der Waals surface area contributed by atoms with E-state index in [1.807, 2.05) is 6.07 Å². The quantitative estimate of drug-likeness (QED) is 0.697. The summed E-state index contributed by atoms with van der Waals surface area (Å²) in [5.41, 5.74) is 2.37. The van der Waals surface area contributed by atoms with E-state index in [4.69, 9.17) is 9.84 Å². The van der Waals surface area contributed by atoms with Gasteiger partial charge >= 0.3 is 0 Å². The third-order valence-corrected chi connectivity index (χ3v) is 3.12. The molecule has 0 fully saturated rings. The zero-order valence-corrected chi connectivity index (χ0v) is 11.7. The van der Waals surface area contributed by atoms with Crippen molar-refractivity contribution in [1.29, 1.82) is 0 Å². The fourth-order valence-corrected chi connectivity index (χ4v) is 1.92. The van der Waals surface area contributed by atoms with Crippen LogP contribution in [-0.4, -0.2) is 30.9 Å². The van der Waals surface area contributed by atoms with Gasteiger partial charge in [0, 0.05) is 6.04 Å². The van der Waals surface area contributed by atoms with E-state index < -0.39 is 0 Å². The van der Waals surface area contributed by atoms with Gasteiger partial charge in [-0.15, -0.1) is 0 Å². The van der Waals surface area contributed by atoms with E-state index in [9.17, 15) is 0 Å². The lowest BCUT2D eigenvalue weighted by Crippen LogP contribution is -2.33. The molecule has 3 heteroatoms. The topological polar surface area (TPSA) is 41.5 Å². The lowest BCUT2D eigenvalue weighted by atomic mass is 10.1. The van der Waals surface area contributed by atoms with Gasteiger partial charge in [-0.2, -0.15) is 0 Å². The van der Waals surface area contributed by atoms with Crippen molar-refractivity contribution in [2.24, 2.45) is 0 Å². The van der Waals surface area contributed by atoms with Gasteiger partial charge in [-0.3, -0.25) is 0 Å². The maximum atomic E-state index is 9.04. The summed E-state index contributed by atoms with van der Waals surface area (Å²) in [6.07, 6.45) is 1.90. The largest absolute Gasteiger partial charge is 0.493 e. The molecule has 1 aromatic rings. The average Bonchev–Trinajstić information content (AvgIpc) is 2.37. The van der Waals surface area contributed by atoms with E-state index in [1.54, 1.807) is 0 Å². The highest BCUT2D eigenvalue weighted by molar-refractivity contribution is 5.39. The molecule has 1 unspecified atom stereocenters. The Hall–Kier alpha value is -1.06. The Bertz CT molecular complexity index is 328. The standard InChI is InChI=1S/C15H25NO2/c1-4-14(11-17)16-9-6-10-18-15-12(2)7-5-8-13(15)3/h5,7-8,14,16-17H,4,6,9-11H2,1-3H3. The van der Waals surface area contributed by atoms with Crippen molar-refractivity contribution in [2.45, 2.75) is 39.7 Å². The first-order chi connectivity index (χ1) is 8.69. The van der Waals surface area contributed by atoms with Crippen LogP contribution in [0.2, 0.25) is 0 Å². The molecule has 0 saturated carbocycles. The van der Waals surface area contributed by atoms with Gasteiger partial charge in [0.25, 0.3) is 0 Å². The smallest absolute Gasteiger partial charge is 0.125 e. The molecule has 0 aliphatic rings. The third-order valence-electron chi connectivity index (χ3n) is 3.12. The molecule has 2 N–H and O–H groups in total. The molecule has 1 rings (SSSR count). The molecule has 0 bridgehead atoms. The first-order valence-corrected chi connectivity index (χ1v) is 6.72. The number of ether oxygens (including phenoxy) is 1. The van der Waals surface area contributed by atoms with E-state index >= 15 is 0 Å². The molecule has 0 radical (unpaired) electrons. The maximum absolute atomic E-state index is 9.04. The Balaban J connectivity index is 2.26. The summed E-state index contributed by atoms with van der Waals surface area (Å²) >= 11 is 0. The second-order valence-corrected chi connectivity index (χ2v) is 4.66. The van der Waals surface area contributed by atoms with Gasteiger partial charge < -0.3 is 15.2 Å². The molecule has 1 aromatic carbocycles. The van der Waals surface area contributed by atoms with Gasteiger partial charge in [0.15, 0.2) is 0 Å². The molecule has 0 saturated heterocycles. The predicted molar refractivity (Wildman–Crippen MR) is 75.2 cm³/mol. The summed E-state index contributed by atoms with van der Waals surface area (Å²) in [4.78, 5) is 0. The molecule has 0 amide bonds. The van der Waals surface area contributed by atoms with Gasteiger partial charge in [-0.05, 0) is 44.4 Å². The van der Waals surface area contributed by atoms with E-state index in [-0.39, 0.29) is 12.6 Å². The number of aliphatic hydroxyl groups excluding tert-OH is 1. The second-order valence-electron chi connectivity index (χ2n) is 4.66. The molecular weight excluding hydrogens is 226 g/mol. The van der Waals surface area contributed by atoms with Gasteiger partial charge in [-0.25, -0.2) is 0 Å². The van der Waals surface area contributed by atoms with Crippen molar-refractivity contribution in [3.8, 4) is 5.75 Å². The van der Waals surface area contributed by atoms with Crippen LogP contribution in [0.5, 0.6) is 5.75 Å². The molecule has 18 heavy (non-hydrogen) atoms. The van der Waals surface area contributed by atoms with Crippen LogP contribution in [0.15, 0.2) is 18.2 Å². The van der Waals surface area contributed by atoms with E-state index in [0.717, 1.165) is 25.1 Å². The Labute approximate surface area is 110 Å². The number of benzene rings is 1. The van der Waals surface area contributed by atoms with Gasteiger partial charge in [0.2, 0.25) is 0 Å². The summed E-state index contributed by atoms with van der Waals surface area (Å²) in [5.74, 6) is 1.01. The minimum absolute atomic E-state index is 0.203. The Kier molecular flexibility index (Phi) is 6.76. The molecule has 0 heterocycles. The zero-order chi connectivity index (χ0) is 13.4. The molecule has 0 spiro atoms. The van der Waals surface area contributed by atoms with Crippen LogP contribution >= 0.6 is 0 Å². The molecule has 3 nitrogen and oxygen atoms in total. The Morgan fingerprint density at radius 3 is 2.50 bits per heavy atom. The number of hydrogen-bond donors (Lipinski definition) is 2. The summed E-state index contributed by atoms with van der Waals surface area (Å²) in [6, 6.07) is 6.40. The van der Waals surface area contributed by atoms with E-state index in [0.29, 0.717) is 6.61 Å². The Morgan fingerprint density at radius 1 is 1.28 bits per heavy atom. The fraction of sp³-hybridized carbons (Fsp3) is 0.600. The lowest BCUT2D eigenvalue weighted by Gasteiger charge is -2.15. The summed E-state index contributed by atoms with van der Waals surface area (Å²) in [6.45, 7) is 8.00. The normalized spacial score (nSPS) is 12.4. The van der Waals surface area contributed by atoms with Crippen LogP contribution in [0, 0.1) is 13.8 Å².